The van der Waals surface area contributed by atoms with Gasteiger partial charge in [-0.3, -0.25) is 9.78 Å². The van der Waals surface area contributed by atoms with E-state index in [9.17, 15) is 9.18 Å². The van der Waals surface area contributed by atoms with E-state index in [1.807, 2.05) is 32.0 Å². The van der Waals surface area contributed by atoms with E-state index in [-0.39, 0.29) is 5.91 Å². The van der Waals surface area contributed by atoms with Gasteiger partial charge in [0, 0.05) is 11.8 Å². The summed E-state index contributed by atoms with van der Waals surface area (Å²) in [5.41, 5.74) is 1.71. The van der Waals surface area contributed by atoms with E-state index in [0.29, 0.717) is 16.9 Å². The lowest BCUT2D eigenvalue weighted by molar-refractivity contribution is 0.0911. The molecule has 1 N–H and O–H groups in total. The smallest absolute Gasteiger partial charge is 0.252 e. The summed E-state index contributed by atoms with van der Waals surface area (Å²) in [7, 11) is 1.58. The molecule has 138 valence electrons. The van der Waals surface area contributed by atoms with Crippen LogP contribution in [0.4, 0.5) is 4.39 Å². The molecule has 4 nitrogen and oxygen atoms in total. The van der Waals surface area contributed by atoms with Crippen molar-refractivity contribution in [3.8, 4) is 16.9 Å². The van der Waals surface area contributed by atoms with E-state index in [0.717, 1.165) is 11.3 Å². The summed E-state index contributed by atoms with van der Waals surface area (Å²) < 4.78 is 19.0. The van der Waals surface area contributed by atoms with E-state index >= 15 is 0 Å². The largest absolute Gasteiger partial charge is 0.497 e. The van der Waals surface area contributed by atoms with Crippen LogP contribution in [0, 0.1) is 5.82 Å². The Bertz CT molecular complexity index is 938. The number of amides is 1. The summed E-state index contributed by atoms with van der Waals surface area (Å²) in [4.78, 5) is 17.3. The van der Waals surface area contributed by atoms with Crippen molar-refractivity contribution in [3.05, 3.63) is 83.9 Å². The van der Waals surface area contributed by atoms with Crippen LogP contribution in [0.2, 0.25) is 0 Å². The maximum atomic E-state index is 13.9. The molecule has 0 saturated heterocycles. The van der Waals surface area contributed by atoms with Crippen molar-refractivity contribution in [1.82, 2.24) is 10.3 Å². The fourth-order valence-electron chi connectivity index (χ4n) is 2.87. The lowest BCUT2D eigenvalue weighted by atomic mass is 9.96. The first-order valence-electron chi connectivity index (χ1n) is 8.59. The number of pyridine rings is 1. The number of rotatable bonds is 5. The van der Waals surface area contributed by atoms with Gasteiger partial charge in [-0.1, -0.05) is 18.2 Å². The van der Waals surface area contributed by atoms with Crippen LogP contribution in [0.1, 0.15) is 29.9 Å². The van der Waals surface area contributed by atoms with E-state index in [4.69, 9.17) is 4.74 Å². The van der Waals surface area contributed by atoms with Crippen molar-refractivity contribution in [3.63, 3.8) is 0 Å². The quantitative estimate of drug-likeness (QED) is 0.722. The maximum absolute atomic E-state index is 13.9. The van der Waals surface area contributed by atoms with Crippen LogP contribution < -0.4 is 10.1 Å². The van der Waals surface area contributed by atoms with Gasteiger partial charge in [0.05, 0.1) is 18.3 Å². The van der Waals surface area contributed by atoms with E-state index in [1.165, 1.54) is 18.2 Å². The van der Waals surface area contributed by atoms with Gasteiger partial charge in [0.2, 0.25) is 0 Å². The summed E-state index contributed by atoms with van der Waals surface area (Å²) in [6.45, 7) is 3.76. The summed E-state index contributed by atoms with van der Waals surface area (Å²) in [6.07, 6.45) is 1.68. The highest BCUT2D eigenvalue weighted by molar-refractivity contribution is 6.01. The SMILES string of the molecule is COc1ccc(-c2cc(F)ccc2C(=O)NC(C)(C)c2ccccn2)cc1. The lowest BCUT2D eigenvalue weighted by Crippen LogP contribution is -2.41. The monoisotopic (exact) mass is 364 g/mol. The first kappa shape index (κ1) is 18.6. The third-order valence-corrected chi connectivity index (χ3v) is 4.36. The van der Waals surface area contributed by atoms with Gasteiger partial charge in [-0.05, 0) is 67.4 Å². The molecule has 0 aliphatic carbocycles. The molecule has 0 bridgehead atoms. The first-order valence-corrected chi connectivity index (χ1v) is 8.59. The van der Waals surface area contributed by atoms with Gasteiger partial charge in [-0.15, -0.1) is 0 Å². The molecule has 0 aliphatic rings. The average molecular weight is 364 g/mol. The van der Waals surface area contributed by atoms with Gasteiger partial charge < -0.3 is 10.1 Å². The predicted molar refractivity (Wildman–Crippen MR) is 103 cm³/mol. The summed E-state index contributed by atoms with van der Waals surface area (Å²) >= 11 is 0. The third-order valence-electron chi connectivity index (χ3n) is 4.36. The van der Waals surface area contributed by atoms with Crippen LogP contribution >= 0.6 is 0 Å². The molecule has 0 fully saturated rings. The van der Waals surface area contributed by atoms with Gasteiger partial charge in [-0.2, -0.15) is 0 Å². The number of halogens is 1. The molecule has 27 heavy (non-hydrogen) atoms. The molecule has 1 heterocycles. The highest BCUT2D eigenvalue weighted by atomic mass is 19.1. The van der Waals surface area contributed by atoms with Gasteiger partial charge in [0.15, 0.2) is 0 Å². The molecule has 0 unspecified atom stereocenters. The number of carbonyl (C=O) groups excluding carboxylic acids is 1. The fraction of sp³-hybridized carbons (Fsp3) is 0.182. The third kappa shape index (κ3) is 4.14. The predicted octanol–water partition coefficient (Wildman–Crippen LogP) is 4.56. The molecular weight excluding hydrogens is 343 g/mol. The Labute approximate surface area is 158 Å². The second kappa shape index (κ2) is 7.58. The molecule has 0 spiro atoms. The number of hydrogen-bond donors (Lipinski definition) is 1. The topological polar surface area (TPSA) is 51.2 Å². The van der Waals surface area contributed by atoms with Crippen LogP contribution in [-0.2, 0) is 5.54 Å². The van der Waals surface area contributed by atoms with Crippen LogP contribution in [0.5, 0.6) is 5.75 Å². The molecule has 3 rings (SSSR count). The van der Waals surface area contributed by atoms with E-state index in [1.54, 1.807) is 37.6 Å². The normalized spacial score (nSPS) is 11.1. The van der Waals surface area contributed by atoms with Gasteiger partial charge in [-0.25, -0.2) is 4.39 Å². The minimum absolute atomic E-state index is 0.295. The summed E-state index contributed by atoms with van der Waals surface area (Å²) in [5, 5.41) is 2.99. The molecule has 1 amide bonds. The average Bonchev–Trinajstić information content (AvgIpc) is 2.68. The number of hydrogen-bond acceptors (Lipinski definition) is 3. The van der Waals surface area contributed by atoms with Crippen molar-refractivity contribution < 1.29 is 13.9 Å². The van der Waals surface area contributed by atoms with Gasteiger partial charge in [0.1, 0.15) is 11.6 Å². The van der Waals surface area contributed by atoms with E-state index in [2.05, 4.69) is 10.3 Å². The zero-order valence-electron chi connectivity index (χ0n) is 15.5. The maximum Gasteiger partial charge on any atom is 0.252 e. The molecule has 3 aromatic rings. The van der Waals surface area contributed by atoms with Gasteiger partial charge in [0.25, 0.3) is 5.91 Å². The fourth-order valence-corrected chi connectivity index (χ4v) is 2.87. The molecule has 0 atom stereocenters. The minimum atomic E-state index is -0.677. The highest BCUT2D eigenvalue weighted by Gasteiger charge is 2.26. The first-order chi connectivity index (χ1) is 12.9. The highest BCUT2D eigenvalue weighted by Crippen LogP contribution is 2.28. The number of ether oxygens (including phenoxy) is 1. The number of benzene rings is 2. The zero-order valence-corrected chi connectivity index (χ0v) is 15.5. The van der Waals surface area contributed by atoms with Crippen molar-refractivity contribution in [2.75, 3.05) is 7.11 Å². The molecule has 0 radical (unpaired) electrons. The van der Waals surface area contributed by atoms with Crippen molar-refractivity contribution in [2.45, 2.75) is 19.4 Å². The number of aromatic nitrogens is 1. The zero-order chi connectivity index (χ0) is 19.4. The van der Waals surface area contributed by atoms with Crippen molar-refractivity contribution in [1.29, 1.82) is 0 Å². The van der Waals surface area contributed by atoms with Crippen LogP contribution in [0.3, 0.4) is 0 Å². The number of methoxy groups -OCH3 is 1. The van der Waals surface area contributed by atoms with Crippen LogP contribution in [0.15, 0.2) is 66.9 Å². The standard InChI is InChI=1S/C22H21FN2O2/c1-22(2,20-6-4-5-13-24-20)25-21(26)18-12-9-16(23)14-19(18)15-7-10-17(27-3)11-8-15/h4-14H,1-3H3,(H,25,26). The molecule has 2 aromatic carbocycles. The molecule has 1 aromatic heterocycles. The Morgan fingerprint density at radius 2 is 1.81 bits per heavy atom. The summed E-state index contributed by atoms with van der Waals surface area (Å²) in [6, 6.07) is 16.9. The van der Waals surface area contributed by atoms with Crippen molar-refractivity contribution >= 4 is 5.91 Å². The second-order valence-corrected chi connectivity index (χ2v) is 6.71. The second-order valence-electron chi connectivity index (χ2n) is 6.71. The number of nitrogens with one attached hydrogen (secondary N) is 1. The lowest BCUT2D eigenvalue weighted by Gasteiger charge is -2.26. The number of nitrogens with zero attached hydrogens (tertiary/aromatic N) is 1. The number of carbonyl (C=O) groups is 1. The van der Waals surface area contributed by atoms with Crippen LogP contribution in [-0.4, -0.2) is 18.0 Å². The van der Waals surface area contributed by atoms with Crippen LogP contribution in [0.25, 0.3) is 11.1 Å². The Hall–Kier alpha value is -3.21. The molecule has 0 aliphatic heterocycles. The molecular formula is C22H21FN2O2. The Balaban J connectivity index is 1.95. The van der Waals surface area contributed by atoms with Crippen molar-refractivity contribution in [2.24, 2.45) is 0 Å². The summed E-state index contributed by atoms with van der Waals surface area (Å²) in [5.74, 6) is -0.00438. The van der Waals surface area contributed by atoms with Gasteiger partial charge >= 0.3 is 0 Å². The Kier molecular flexibility index (Phi) is 5.21. The molecule has 5 heteroatoms. The molecule has 0 saturated carbocycles. The minimum Gasteiger partial charge on any atom is -0.497 e. The Morgan fingerprint density at radius 1 is 1.07 bits per heavy atom. The van der Waals surface area contributed by atoms with E-state index < -0.39 is 11.4 Å². The Morgan fingerprint density at radius 3 is 2.44 bits per heavy atom.